The van der Waals surface area contributed by atoms with Crippen molar-refractivity contribution in [2.24, 2.45) is 10.8 Å². The van der Waals surface area contributed by atoms with Crippen molar-refractivity contribution < 1.29 is 13.0 Å². The fourth-order valence-electron chi connectivity index (χ4n) is 2.59. The van der Waals surface area contributed by atoms with Crippen molar-refractivity contribution in [2.75, 3.05) is 0 Å². The average molecular weight is 312 g/mol. The molecule has 4 heteroatoms. The fourth-order valence-corrected chi connectivity index (χ4v) is 3.21. The summed E-state index contributed by atoms with van der Waals surface area (Å²) in [6.07, 6.45) is 1.06. The lowest BCUT2D eigenvalue weighted by Crippen LogP contribution is -2.23. The third kappa shape index (κ3) is 6.62. The zero-order valence-electron chi connectivity index (χ0n) is 14.0. The van der Waals surface area contributed by atoms with Crippen LogP contribution in [0.25, 0.3) is 0 Å². The first-order chi connectivity index (χ1) is 9.28. The van der Waals surface area contributed by atoms with E-state index in [0.29, 0.717) is 11.5 Å². The van der Waals surface area contributed by atoms with Crippen molar-refractivity contribution in [3.05, 3.63) is 35.4 Å². The second kappa shape index (κ2) is 6.09. The van der Waals surface area contributed by atoms with Gasteiger partial charge in [-0.15, -0.1) is 0 Å². The summed E-state index contributed by atoms with van der Waals surface area (Å²) in [6, 6.07) is 7.57. The molecule has 0 spiro atoms. The van der Waals surface area contributed by atoms with Crippen LogP contribution in [0.3, 0.4) is 0 Å². The van der Waals surface area contributed by atoms with Gasteiger partial charge in [0.15, 0.2) is 0 Å². The number of hydrogen-bond acceptors (Lipinski definition) is 2. The minimum absolute atomic E-state index is 0.137. The Hall–Kier alpha value is -0.870. The summed E-state index contributed by atoms with van der Waals surface area (Å²) < 4.78 is 30.7. The molecule has 0 heterocycles. The molecule has 1 N–H and O–H groups in total. The molecule has 3 nitrogen and oxygen atoms in total. The van der Waals surface area contributed by atoms with Crippen molar-refractivity contribution in [1.82, 2.24) is 0 Å². The molecule has 0 amide bonds. The van der Waals surface area contributed by atoms with Gasteiger partial charge >= 0.3 is 0 Å². The molecule has 1 aromatic rings. The van der Waals surface area contributed by atoms with Crippen LogP contribution in [0.4, 0.5) is 0 Å². The van der Waals surface area contributed by atoms with E-state index in [9.17, 15) is 8.42 Å². The molecule has 0 aliphatic carbocycles. The molecule has 0 aliphatic rings. The van der Waals surface area contributed by atoms with Gasteiger partial charge in [0.1, 0.15) is 5.75 Å². The van der Waals surface area contributed by atoms with Crippen LogP contribution in [0.15, 0.2) is 24.3 Å². The molecule has 0 aliphatic heterocycles. The molecule has 0 aromatic heterocycles. The topological polar surface area (TPSA) is 54.4 Å². The van der Waals surface area contributed by atoms with Crippen LogP contribution in [0.5, 0.6) is 0 Å². The van der Waals surface area contributed by atoms with E-state index in [0.717, 1.165) is 6.42 Å². The van der Waals surface area contributed by atoms with Gasteiger partial charge in [0.2, 0.25) is 0 Å². The Morgan fingerprint density at radius 2 is 1.48 bits per heavy atom. The summed E-state index contributed by atoms with van der Waals surface area (Å²) in [7, 11) is -3.97. The lowest BCUT2D eigenvalue weighted by atomic mass is 9.69. The maximum absolute atomic E-state index is 10.9. The minimum Gasteiger partial charge on any atom is -0.285 e. The van der Waals surface area contributed by atoms with Crippen molar-refractivity contribution in [2.45, 2.75) is 59.6 Å². The van der Waals surface area contributed by atoms with E-state index < -0.39 is 10.1 Å². The summed E-state index contributed by atoms with van der Waals surface area (Å²) in [6.45, 7) is 13.4. The monoisotopic (exact) mass is 312 g/mol. The van der Waals surface area contributed by atoms with E-state index in [2.05, 4.69) is 41.5 Å². The molecule has 1 rings (SSSR count). The highest BCUT2D eigenvalue weighted by atomic mass is 32.2. The van der Waals surface area contributed by atoms with Crippen LogP contribution in [-0.2, 0) is 15.9 Å². The lowest BCUT2D eigenvalue weighted by molar-refractivity contribution is 0.229. The molecule has 0 radical (unpaired) electrons. The van der Waals surface area contributed by atoms with Gasteiger partial charge in [-0.1, -0.05) is 65.8 Å². The van der Waals surface area contributed by atoms with Crippen molar-refractivity contribution in [3.63, 3.8) is 0 Å². The molecule has 120 valence electrons. The fraction of sp³-hybridized carbons (Fsp3) is 0.647. The summed E-state index contributed by atoms with van der Waals surface area (Å²) in [4.78, 5) is 0. The Morgan fingerprint density at radius 1 is 1.00 bits per heavy atom. The zero-order valence-corrected chi connectivity index (χ0v) is 14.8. The normalized spacial score (nSPS) is 15.0. The highest BCUT2D eigenvalue weighted by Crippen LogP contribution is 2.43. The first kappa shape index (κ1) is 18.2. The van der Waals surface area contributed by atoms with Gasteiger partial charge in [-0.25, -0.2) is 0 Å². The van der Waals surface area contributed by atoms with E-state index in [4.69, 9.17) is 4.55 Å². The first-order valence-electron chi connectivity index (χ1n) is 7.32. The third-order valence-electron chi connectivity index (χ3n) is 3.59. The van der Waals surface area contributed by atoms with Crippen LogP contribution < -0.4 is 0 Å². The predicted molar refractivity (Wildman–Crippen MR) is 88.0 cm³/mol. The van der Waals surface area contributed by atoms with Crippen molar-refractivity contribution >= 4 is 10.1 Å². The quantitative estimate of drug-likeness (QED) is 0.824. The Bertz CT molecular complexity index is 558. The van der Waals surface area contributed by atoms with Gasteiger partial charge in [-0.3, -0.25) is 4.55 Å². The van der Waals surface area contributed by atoms with Gasteiger partial charge in [-0.05, 0) is 34.3 Å². The SMILES string of the molecule is CC(C)(C)CC(c1ccc(CS(=O)(=O)O)cc1)C(C)(C)C. The van der Waals surface area contributed by atoms with Crippen LogP contribution in [0.1, 0.15) is 65.0 Å². The molecule has 1 aromatic carbocycles. The summed E-state index contributed by atoms with van der Waals surface area (Å²) in [5.74, 6) is 0.0736. The lowest BCUT2D eigenvalue weighted by Gasteiger charge is -2.36. The average Bonchev–Trinajstić information content (AvgIpc) is 2.22. The first-order valence-corrected chi connectivity index (χ1v) is 8.93. The van der Waals surface area contributed by atoms with Gasteiger partial charge in [0.05, 0.1) is 0 Å². The van der Waals surface area contributed by atoms with E-state index >= 15 is 0 Å². The van der Waals surface area contributed by atoms with Gasteiger partial charge < -0.3 is 0 Å². The Morgan fingerprint density at radius 3 is 1.81 bits per heavy atom. The Kier molecular flexibility index (Phi) is 5.27. The number of rotatable bonds is 4. The minimum atomic E-state index is -3.97. The standard InChI is InChI=1S/C17H28O3S/c1-16(2,3)11-15(17(4,5)6)14-9-7-13(8-10-14)12-21(18,19)20/h7-10,15H,11-12H2,1-6H3,(H,18,19,20). The number of hydrogen-bond donors (Lipinski definition) is 1. The molecule has 0 fully saturated rings. The second-order valence-electron chi connectivity index (χ2n) is 8.15. The number of benzene rings is 1. The van der Waals surface area contributed by atoms with Gasteiger partial charge in [0, 0.05) is 0 Å². The Balaban J connectivity index is 3.05. The molecule has 0 saturated heterocycles. The van der Waals surface area contributed by atoms with Gasteiger partial charge in [-0.2, -0.15) is 8.42 Å². The van der Waals surface area contributed by atoms with E-state index in [1.807, 2.05) is 12.1 Å². The molecule has 0 saturated carbocycles. The van der Waals surface area contributed by atoms with Crippen LogP contribution in [-0.4, -0.2) is 13.0 Å². The molecule has 1 atom stereocenters. The van der Waals surface area contributed by atoms with E-state index in [1.54, 1.807) is 12.1 Å². The van der Waals surface area contributed by atoms with Crippen LogP contribution >= 0.6 is 0 Å². The third-order valence-corrected chi connectivity index (χ3v) is 4.29. The smallest absolute Gasteiger partial charge is 0.269 e. The zero-order chi connectivity index (χ0) is 16.5. The van der Waals surface area contributed by atoms with Crippen LogP contribution in [0, 0.1) is 10.8 Å². The molecule has 0 bridgehead atoms. The highest BCUT2D eigenvalue weighted by Gasteiger charge is 2.30. The summed E-state index contributed by atoms with van der Waals surface area (Å²) in [5, 5.41) is 0. The molecule has 21 heavy (non-hydrogen) atoms. The largest absolute Gasteiger partial charge is 0.285 e. The second-order valence-corrected chi connectivity index (χ2v) is 9.60. The molecular formula is C17H28O3S. The molecular weight excluding hydrogens is 284 g/mol. The maximum Gasteiger partial charge on any atom is 0.269 e. The molecule has 1 unspecified atom stereocenters. The maximum atomic E-state index is 10.9. The summed E-state index contributed by atoms with van der Waals surface area (Å²) >= 11 is 0. The van der Waals surface area contributed by atoms with Crippen molar-refractivity contribution in [1.29, 1.82) is 0 Å². The van der Waals surface area contributed by atoms with Crippen LogP contribution in [0.2, 0.25) is 0 Å². The van der Waals surface area contributed by atoms with E-state index in [-0.39, 0.29) is 16.6 Å². The Labute approximate surface area is 129 Å². The van der Waals surface area contributed by atoms with E-state index in [1.165, 1.54) is 5.56 Å². The van der Waals surface area contributed by atoms with Gasteiger partial charge in [0.25, 0.3) is 10.1 Å². The van der Waals surface area contributed by atoms with Crippen molar-refractivity contribution in [3.8, 4) is 0 Å². The highest BCUT2D eigenvalue weighted by molar-refractivity contribution is 7.85. The predicted octanol–water partition coefficient (Wildman–Crippen LogP) is 4.64. The summed E-state index contributed by atoms with van der Waals surface area (Å²) in [5.41, 5.74) is 2.20.